The maximum Gasteiger partial charge on any atom is 0.150 e. The quantitative estimate of drug-likeness (QED) is 0.523. The molecule has 0 aliphatic heterocycles. The van der Waals surface area contributed by atoms with Crippen molar-refractivity contribution in [1.82, 2.24) is 4.90 Å². The van der Waals surface area contributed by atoms with Crippen molar-refractivity contribution in [2.45, 2.75) is 32.7 Å². The van der Waals surface area contributed by atoms with E-state index in [1.165, 1.54) is 19.3 Å². The molecule has 0 saturated carbocycles. The van der Waals surface area contributed by atoms with Crippen LogP contribution >= 0.6 is 0 Å². The minimum Gasteiger partial charge on any atom is -0.496 e. The Morgan fingerprint density at radius 2 is 2.11 bits per heavy atom. The summed E-state index contributed by atoms with van der Waals surface area (Å²) >= 11 is 0. The molecule has 0 fully saturated rings. The Morgan fingerprint density at radius 1 is 1.33 bits per heavy atom. The minimum absolute atomic E-state index is 0.702. The Hall–Kier alpha value is -1.35. The number of nitrogens with zero attached hydrogens (tertiary/aromatic N) is 1. The molecule has 3 nitrogen and oxygen atoms in total. The van der Waals surface area contributed by atoms with Gasteiger partial charge in [0.05, 0.1) is 7.11 Å². The third kappa shape index (κ3) is 4.49. The predicted molar refractivity (Wildman–Crippen MR) is 74.2 cm³/mol. The van der Waals surface area contributed by atoms with Gasteiger partial charge in [0.1, 0.15) is 12.0 Å². The van der Waals surface area contributed by atoms with Crippen LogP contribution in [0.1, 0.15) is 42.1 Å². The van der Waals surface area contributed by atoms with Crippen molar-refractivity contribution >= 4 is 6.29 Å². The number of hydrogen-bond donors (Lipinski definition) is 0. The summed E-state index contributed by atoms with van der Waals surface area (Å²) in [6.07, 6.45) is 4.58. The summed E-state index contributed by atoms with van der Waals surface area (Å²) in [4.78, 5) is 13.1. The van der Waals surface area contributed by atoms with Gasteiger partial charge in [0, 0.05) is 17.7 Å². The number of carbonyl (C=O) groups is 1. The first kappa shape index (κ1) is 14.7. The van der Waals surface area contributed by atoms with Gasteiger partial charge >= 0.3 is 0 Å². The van der Waals surface area contributed by atoms with Crippen LogP contribution in [0, 0.1) is 0 Å². The molecule has 18 heavy (non-hydrogen) atoms. The Balaban J connectivity index is 2.66. The lowest BCUT2D eigenvalue weighted by molar-refractivity contribution is 0.112. The third-order valence-corrected chi connectivity index (χ3v) is 3.02. The second-order valence-electron chi connectivity index (χ2n) is 4.63. The summed E-state index contributed by atoms with van der Waals surface area (Å²) < 4.78 is 5.33. The van der Waals surface area contributed by atoms with Gasteiger partial charge in [-0.3, -0.25) is 4.79 Å². The fourth-order valence-corrected chi connectivity index (χ4v) is 2.00. The van der Waals surface area contributed by atoms with E-state index in [0.29, 0.717) is 5.56 Å². The van der Waals surface area contributed by atoms with Crippen molar-refractivity contribution in [2.75, 3.05) is 20.7 Å². The topological polar surface area (TPSA) is 29.5 Å². The van der Waals surface area contributed by atoms with Gasteiger partial charge in [-0.25, -0.2) is 0 Å². The van der Waals surface area contributed by atoms with Gasteiger partial charge in [0.2, 0.25) is 0 Å². The molecule has 0 radical (unpaired) electrons. The molecular weight excluding hydrogens is 226 g/mol. The van der Waals surface area contributed by atoms with Crippen LogP contribution in [0.15, 0.2) is 18.2 Å². The van der Waals surface area contributed by atoms with E-state index in [9.17, 15) is 4.79 Å². The number of rotatable bonds is 8. The molecule has 0 atom stereocenters. The van der Waals surface area contributed by atoms with E-state index in [0.717, 1.165) is 30.7 Å². The first-order valence-electron chi connectivity index (χ1n) is 6.52. The zero-order valence-corrected chi connectivity index (χ0v) is 11.6. The van der Waals surface area contributed by atoms with Crippen LogP contribution < -0.4 is 4.74 Å². The van der Waals surface area contributed by atoms with Crippen molar-refractivity contribution in [2.24, 2.45) is 0 Å². The molecule has 0 aliphatic carbocycles. The van der Waals surface area contributed by atoms with Crippen LogP contribution in [0.25, 0.3) is 0 Å². The van der Waals surface area contributed by atoms with Gasteiger partial charge < -0.3 is 9.64 Å². The second-order valence-corrected chi connectivity index (χ2v) is 4.63. The number of carbonyl (C=O) groups excluding carboxylic acids is 1. The molecule has 0 saturated heterocycles. The Kier molecular flexibility index (Phi) is 6.44. The Bertz CT molecular complexity index is 377. The fourth-order valence-electron chi connectivity index (χ4n) is 2.00. The van der Waals surface area contributed by atoms with Crippen LogP contribution in [0.2, 0.25) is 0 Å². The van der Waals surface area contributed by atoms with Crippen LogP contribution in [0.4, 0.5) is 0 Å². The van der Waals surface area contributed by atoms with Crippen LogP contribution in [-0.2, 0) is 6.54 Å². The maximum atomic E-state index is 10.8. The summed E-state index contributed by atoms with van der Waals surface area (Å²) in [5, 5.41) is 0. The van der Waals surface area contributed by atoms with Gasteiger partial charge in [-0.15, -0.1) is 0 Å². The Morgan fingerprint density at radius 3 is 2.72 bits per heavy atom. The highest BCUT2D eigenvalue weighted by molar-refractivity contribution is 5.75. The lowest BCUT2D eigenvalue weighted by atomic mass is 10.1. The normalized spacial score (nSPS) is 10.7. The van der Waals surface area contributed by atoms with E-state index >= 15 is 0 Å². The molecule has 1 aromatic rings. The van der Waals surface area contributed by atoms with E-state index in [2.05, 4.69) is 18.9 Å². The monoisotopic (exact) mass is 249 g/mol. The van der Waals surface area contributed by atoms with E-state index in [4.69, 9.17) is 4.74 Å². The molecule has 0 spiro atoms. The molecule has 1 rings (SSSR count). The standard InChI is InChI=1S/C15H23NO2/c1-4-5-6-9-16(2)11-14-10-13(12-17)7-8-15(14)18-3/h7-8,10,12H,4-6,9,11H2,1-3H3. The third-order valence-electron chi connectivity index (χ3n) is 3.02. The predicted octanol–water partition coefficient (Wildman–Crippen LogP) is 3.13. The molecule has 0 unspecified atom stereocenters. The van der Waals surface area contributed by atoms with Crippen LogP contribution in [0.3, 0.4) is 0 Å². The maximum absolute atomic E-state index is 10.8. The highest BCUT2D eigenvalue weighted by Gasteiger charge is 2.07. The molecule has 0 N–H and O–H groups in total. The summed E-state index contributed by atoms with van der Waals surface area (Å²) in [5.74, 6) is 0.850. The zero-order valence-electron chi connectivity index (χ0n) is 11.6. The van der Waals surface area contributed by atoms with E-state index in [-0.39, 0.29) is 0 Å². The zero-order chi connectivity index (χ0) is 13.4. The molecular formula is C15H23NO2. The summed E-state index contributed by atoms with van der Waals surface area (Å²) in [6.45, 7) is 4.09. The van der Waals surface area contributed by atoms with E-state index in [1.807, 2.05) is 12.1 Å². The van der Waals surface area contributed by atoms with Crippen LogP contribution in [0.5, 0.6) is 5.75 Å². The number of hydrogen-bond acceptors (Lipinski definition) is 3. The molecule has 0 aliphatic rings. The first-order valence-corrected chi connectivity index (χ1v) is 6.52. The lowest BCUT2D eigenvalue weighted by Gasteiger charge is -2.18. The largest absolute Gasteiger partial charge is 0.496 e. The van der Waals surface area contributed by atoms with E-state index < -0.39 is 0 Å². The molecule has 0 heterocycles. The molecule has 1 aromatic carbocycles. The average Bonchev–Trinajstić information content (AvgIpc) is 2.39. The smallest absolute Gasteiger partial charge is 0.150 e. The minimum atomic E-state index is 0.702. The molecule has 0 bridgehead atoms. The van der Waals surface area contributed by atoms with Crippen molar-refractivity contribution in [3.63, 3.8) is 0 Å². The molecule has 0 aromatic heterocycles. The van der Waals surface area contributed by atoms with Crippen molar-refractivity contribution < 1.29 is 9.53 Å². The molecule has 100 valence electrons. The van der Waals surface area contributed by atoms with Gasteiger partial charge in [0.15, 0.2) is 0 Å². The first-order chi connectivity index (χ1) is 8.71. The number of unbranched alkanes of at least 4 members (excludes halogenated alkanes) is 2. The summed E-state index contributed by atoms with van der Waals surface area (Å²) in [7, 11) is 3.76. The summed E-state index contributed by atoms with van der Waals surface area (Å²) in [5.41, 5.74) is 1.77. The second kappa shape index (κ2) is 7.88. The Labute approximate surface area is 110 Å². The average molecular weight is 249 g/mol. The highest BCUT2D eigenvalue weighted by atomic mass is 16.5. The molecule has 0 amide bonds. The number of benzene rings is 1. The van der Waals surface area contributed by atoms with Gasteiger partial charge in [-0.05, 0) is 38.2 Å². The highest BCUT2D eigenvalue weighted by Crippen LogP contribution is 2.20. The van der Waals surface area contributed by atoms with Crippen molar-refractivity contribution in [1.29, 1.82) is 0 Å². The number of aldehydes is 1. The van der Waals surface area contributed by atoms with E-state index in [1.54, 1.807) is 13.2 Å². The number of ether oxygens (including phenoxy) is 1. The van der Waals surface area contributed by atoms with Crippen molar-refractivity contribution in [3.8, 4) is 5.75 Å². The number of methoxy groups -OCH3 is 1. The van der Waals surface area contributed by atoms with Crippen molar-refractivity contribution in [3.05, 3.63) is 29.3 Å². The lowest BCUT2D eigenvalue weighted by Crippen LogP contribution is -2.19. The van der Waals surface area contributed by atoms with Crippen LogP contribution in [-0.4, -0.2) is 31.9 Å². The summed E-state index contributed by atoms with van der Waals surface area (Å²) in [6, 6.07) is 5.55. The fraction of sp³-hybridized carbons (Fsp3) is 0.533. The SMILES string of the molecule is CCCCCN(C)Cc1cc(C=O)ccc1OC. The molecule has 3 heteroatoms. The van der Waals surface area contributed by atoms with Gasteiger partial charge in [0.25, 0.3) is 0 Å². The van der Waals surface area contributed by atoms with Gasteiger partial charge in [-0.2, -0.15) is 0 Å². The van der Waals surface area contributed by atoms with Gasteiger partial charge in [-0.1, -0.05) is 19.8 Å².